The van der Waals surface area contributed by atoms with Crippen LogP contribution in [-0.4, -0.2) is 18.9 Å². The van der Waals surface area contributed by atoms with E-state index in [0.717, 1.165) is 5.56 Å². The van der Waals surface area contributed by atoms with E-state index in [0.29, 0.717) is 16.3 Å². The average molecular weight is 421 g/mol. The molecular formula is C16H9Cl2F3N2O2S. The number of anilines is 1. The van der Waals surface area contributed by atoms with Gasteiger partial charge in [0.1, 0.15) is 10.3 Å². The van der Waals surface area contributed by atoms with Crippen molar-refractivity contribution in [2.75, 3.05) is 4.72 Å². The smallest absolute Gasteiger partial charge is 0.276 e. The second kappa shape index (κ2) is 6.61. The molecule has 0 aliphatic carbocycles. The number of hydrogen-bond donors (Lipinski definition) is 1. The standard InChI is InChI=1S/C16H9Cl2F3N2O2S/c17-14-7-10(8-15(18)22-14)12-3-1-2-9-6-11(4-5-13(9)12)23-26(24,25)16(19,20)21/h1-8,23H. The second-order valence-electron chi connectivity index (χ2n) is 5.29. The number of aromatic nitrogens is 1. The molecule has 0 atom stereocenters. The van der Waals surface area contributed by atoms with Gasteiger partial charge in [-0.25, -0.2) is 4.98 Å². The Labute approximate surface area is 156 Å². The third-order valence-electron chi connectivity index (χ3n) is 3.51. The largest absolute Gasteiger partial charge is 0.516 e. The molecule has 3 rings (SSSR count). The van der Waals surface area contributed by atoms with Crippen LogP contribution in [0.25, 0.3) is 21.9 Å². The Balaban J connectivity index is 2.08. The van der Waals surface area contributed by atoms with E-state index < -0.39 is 15.5 Å². The summed E-state index contributed by atoms with van der Waals surface area (Å²) in [4.78, 5) is 3.86. The van der Waals surface area contributed by atoms with Crippen molar-refractivity contribution in [2.24, 2.45) is 0 Å². The molecule has 1 N–H and O–H groups in total. The number of nitrogens with one attached hydrogen (secondary N) is 1. The Bertz CT molecular complexity index is 1080. The molecule has 0 amide bonds. The van der Waals surface area contributed by atoms with E-state index in [4.69, 9.17) is 23.2 Å². The highest BCUT2D eigenvalue weighted by Crippen LogP contribution is 2.33. The molecule has 0 radical (unpaired) electrons. The van der Waals surface area contributed by atoms with Crippen LogP contribution in [0.5, 0.6) is 0 Å². The summed E-state index contributed by atoms with van der Waals surface area (Å²) in [6.07, 6.45) is 0. The van der Waals surface area contributed by atoms with E-state index in [2.05, 4.69) is 4.98 Å². The van der Waals surface area contributed by atoms with Crippen molar-refractivity contribution >= 4 is 49.7 Å². The normalized spacial score (nSPS) is 12.3. The predicted octanol–water partition coefficient (Wildman–Crippen LogP) is 5.47. The fraction of sp³-hybridized carbons (Fsp3) is 0.0625. The van der Waals surface area contributed by atoms with Gasteiger partial charge >= 0.3 is 15.5 Å². The van der Waals surface area contributed by atoms with Gasteiger partial charge in [0.05, 0.1) is 0 Å². The molecule has 0 saturated carbocycles. The minimum atomic E-state index is -5.49. The van der Waals surface area contributed by atoms with E-state index >= 15 is 0 Å². The van der Waals surface area contributed by atoms with Gasteiger partial charge in [-0.15, -0.1) is 0 Å². The first-order chi connectivity index (χ1) is 12.1. The number of alkyl halides is 3. The monoisotopic (exact) mass is 420 g/mol. The second-order valence-corrected chi connectivity index (χ2v) is 7.74. The molecule has 10 heteroatoms. The van der Waals surface area contributed by atoms with Gasteiger partial charge in [-0.05, 0) is 46.2 Å². The molecule has 1 aromatic heterocycles. The molecule has 0 aliphatic heterocycles. The molecule has 26 heavy (non-hydrogen) atoms. The molecule has 0 spiro atoms. The summed E-state index contributed by atoms with van der Waals surface area (Å²) in [7, 11) is -5.49. The Morgan fingerprint density at radius 3 is 2.23 bits per heavy atom. The minimum absolute atomic E-state index is 0.194. The number of pyridine rings is 1. The average Bonchev–Trinajstić information content (AvgIpc) is 2.51. The van der Waals surface area contributed by atoms with E-state index in [1.807, 2.05) is 0 Å². The van der Waals surface area contributed by atoms with Gasteiger partial charge in [0.25, 0.3) is 0 Å². The first-order valence-corrected chi connectivity index (χ1v) is 9.26. The Hall–Kier alpha value is -2.03. The number of sulfonamides is 1. The van der Waals surface area contributed by atoms with Crippen molar-refractivity contribution in [3.8, 4) is 11.1 Å². The minimum Gasteiger partial charge on any atom is -0.276 e. The zero-order valence-corrected chi connectivity index (χ0v) is 15.0. The van der Waals surface area contributed by atoms with Crippen LogP contribution in [0.1, 0.15) is 0 Å². The summed E-state index contributed by atoms with van der Waals surface area (Å²) in [6, 6.07) is 12.4. The lowest BCUT2D eigenvalue weighted by Crippen LogP contribution is -2.29. The molecule has 3 aromatic rings. The van der Waals surface area contributed by atoms with Gasteiger partial charge in [-0.1, -0.05) is 47.5 Å². The third-order valence-corrected chi connectivity index (χ3v) is 5.01. The van der Waals surface area contributed by atoms with Crippen LogP contribution in [0.4, 0.5) is 18.9 Å². The van der Waals surface area contributed by atoms with Crippen LogP contribution >= 0.6 is 23.2 Å². The Morgan fingerprint density at radius 2 is 1.62 bits per heavy atom. The predicted molar refractivity (Wildman–Crippen MR) is 95.8 cm³/mol. The van der Waals surface area contributed by atoms with Crippen molar-refractivity contribution < 1.29 is 21.6 Å². The lowest BCUT2D eigenvalue weighted by Gasteiger charge is -2.12. The van der Waals surface area contributed by atoms with E-state index in [9.17, 15) is 21.6 Å². The quantitative estimate of drug-likeness (QED) is 0.571. The van der Waals surface area contributed by atoms with Gasteiger partial charge in [-0.2, -0.15) is 21.6 Å². The summed E-state index contributed by atoms with van der Waals surface area (Å²) < 4.78 is 61.6. The molecule has 0 saturated heterocycles. The highest BCUT2D eigenvalue weighted by atomic mass is 35.5. The van der Waals surface area contributed by atoms with E-state index in [1.165, 1.54) is 22.9 Å². The summed E-state index contributed by atoms with van der Waals surface area (Å²) in [5.74, 6) is 0. The van der Waals surface area contributed by atoms with Crippen LogP contribution in [0.3, 0.4) is 0 Å². The molecular weight excluding hydrogens is 412 g/mol. The maximum Gasteiger partial charge on any atom is 0.516 e. The highest BCUT2D eigenvalue weighted by Gasteiger charge is 2.46. The van der Waals surface area contributed by atoms with Crippen molar-refractivity contribution in [3.05, 3.63) is 58.8 Å². The van der Waals surface area contributed by atoms with Crippen molar-refractivity contribution in [3.63, 3.8) is 0 Å². The zero-order chi connectivity index (χ0) is 19.1. The van der Waals surface area contributed by atoms with Gasteiger partial charge in [0.2, 0.25) is 0 Å². The van der Waals surface area contributed by atoms with Gasteiger partial charge in [-0.3, -0.25) is 4.72 Å². The fourth-order valence-electron chi connectivity index (χ4n) is 2.43. The number of nitrogens with zero attached hydrogens (tertiary/aromatic N) is 1. The maximum atomic E-state index is 12.5. The highest BCUT2D eigenvalue weighted by molar-refractivity contribution is 7.93. The van der Waals surface area contributed by atoms with E-state index in [-0.39, 0.29) is 16.0 Å². The van der Waals surface area contributed by atoms with Crippen LogP contribution in [0, 0.1) is 0 Å². The molecule has 2 aromatic carbocycles. The molecule has 0 bridgehead atoms. The van der Waals surface area contributed by atoms with E-state index in [1.54, 1.807) is 30.3 Å². The van der Waals surface area contributed by atoms with Crippen LogP contribution in [-0.2, 0) is 10.0 Å². The number of halogens is 5. The van der Waals surface area contributed by atoms with Gasteiger partial charge < -0.3 is 0 Å². The Morgan fingerprint density at radius 1 is 0.962 bits per heavy atom. The van der Waals surface area contributed by atoms with Crippen LogP contribution < -0.4 is 4.72 Å². The fourth-order valence-corrected chi connectivity index (χ4v) is 3.45. The summed E-state index contributed by atoms with van der Waals surface area (Å²) >= 11 is 11.8. The van der Waals surface area contributed by atoms with Crippen molar-refractivity contribution in [1.29, 1.82) is 0 Å². The topological polar surface area (TPSA) is 59.1 Å². The number of hydrogen-bond acceptors (Lipinski definition) is 3. The van der Waals surface area contributed by atoms with Gasteiger partial charge in [0.15, 0.2) is 0 Å². The number of fused-ring (bicyclic) bond motifs is 1. The first kappa shape index (κ1) is 18.8. The molecule has 0 aliphatic rings. The lowest BCUT2D eigenvalue weighted by molar-refractivity contribution is -0.0429. The van der Waals surface area contributed by atoms with Gasteiger partial charge in [0, 0.05) is 5.69 Å². The number of benzene rings is 2. The summed E-state index contributed by atoms with van der Waals surface area (Å²) in [6.45, 7) is 0. The molecule has 0 fully saturated rings. The SMILES string of the molecule is O=S(=O)(Nc1ccc2c(-c3cc(Cl)nc(Cl)c3)cccc2c1)C(F)(F)F. The molecule has 0 unspecified atom stereocenters. The summed E-state index contributed by atoms with van der Waals surface area (Å²) in [5, 5.41) is 1.60. The van der Waals surface area contributed by atoms with Crippen molar-refractivity contribution in [1.82, 2.24) is 4.98 Å². The van der Waals surface area contributed by atoms with Crippen LogP contribution in [0.2, 0.25) is 10.3 Å². The molecule has 1 heterocycles. The zero-order valence-electron chi connectivity index (χ0n) is 12.7. The molecule has 4 nitrogen and oxygen atoms in total. The third kappa shape index (κ3) is 3.72. The number of rotatable bonds is 3. The van der Waals surface area contributed by atoms with Crippen LogP contribution in [0.15, 0.2) is 48.5 Å². The maximum absolute atomic E-state index is 12.5. The van der Waals surface area contributed by atoms with Crippen molar-refractivity contribution in [2.45, 2.75) is 5.51 Å². The lowest BCUT2D eigenvalue weighted by atomic mass is 9.99. The summed E-state index contributed by atoms with van der Waals surface area (Å²) in [5.41, 5.74) is -4.20. The first-order valence-electron chi connectivity index (χ1n) is 7.02. The Kier molecular flexibility index (Phi) is 4.76. The molecule has 136 valence electrons.